The van der Waals surface area contributed by atoms with Crippen LogP contribution in [-0.4, -0.2) is 23.9 Å². The van der Waals surface area contributed by atoms with Crippen LogP contribution >= 0.6 is 0 Å². The summed E-state index contributed by atoms with van der Waals surface area (Å²) < 4.78 is 0. The fourth-order valence-corrected chi connectivity index (χ4v) is 2.02. The molecule has 1 amide bonds. The van der Waals surface area contributed by atoms with Gasteiger partial charge >= 0.3 is 0 Å². The van der Waals surface area contributed by atoms with E-state index in [4.69, 9.17) is 5.21 Å². The van der Waals surface area contributed by atoms with E-state index in [1.807, 2.05) is 38.2 Å². The lowest BCUT2D eigenvalue weighted by atomic mass is 9.96. The molecule has 0 heterocycles. The molecule has 1 aromatic carbocycles. The lowest BCUT2D eigenvalue weighted by molar-refractivity contribution is -0.124. The topological polar surface area (TPSA) is 78.4 Å². The molecule has 0 fully saturated rings. The van der Waals surface area contributed by atoms with E-state index in [0.29, 0.717) is 5.56 Å². The second-order valence-corrected chi connectivity index (χ2v) is 5.10. The van der Waals surface area contributed by atoms with E-state index in [1.165, 1.54) is 11.6 Å². The first-order valence-electron chi connectivity index (χ1n) is 7.06. The Bertz CT molecular complexity index is 574. The Hall–Kier alpha value is -2.24. The van der Waals surface area contributed by atoms with E-state index in [-0.39, 0.29) is 11.7 Å². The summed E-state index contributed by atoms with van der Waals surface area (Å²) in [5, 5.41) is 11.5. The molecule has 22 heavy (non-hydrogen) atoms. The molecule has 0 aliphatic heterocycles. The molecule has 0 aromatic heterocycles. The summed E-state index contributed by atoms with van der Waals surface area (Å²) >= 11 is 0. The molecule has 5 heteroatoms. The van der Waals surface area contributed by atoms with E-state index in [9.17, 15) is 9.59 Å². The Labute approximate surface area is 130 Å². The molecule has 0 saturated heterocycles. The average Bonchev–Trinajstić information content (AvgIpc) is 2.52. The van der Waals surface area contributed by atoms with E-state index in [2.05, 4.69) is 5.32 Å². The Morgan fingerprint density at radius 3 is 2.41 bits per heavy atom. The molecule has 0 unspecified atom stereocenters. The van der Waals surface area contributed by atoms with Gasteiger partial charge in [-0.05, 0) is 19.5 Å². The third-order valence-corrected chi connectivity index (χ3v) is 3.15. The smallest absolute Gasteiger partial charge is 0.267 e. The molecule has 0 spiro atoms. The first-order chi connectivity index (χ1) is 10.5. The third kappa shape index (κ3) is 5.63. The number of carbonyl (C=O) groups excluding carboxylic acids is 2. The standard InChI is InChI=1S/C17H22N2O3/c1-12(4-9-16(20)19-22)10-13(2)17(21)15-7-5-14(6-8-15)11-18-3/h4-10,13,18,22H,11H2,1-3H3,(H,19,20)/t13-/m1/s1. The zero-order chi connectivity index (χ0) is 16.5. The number of carbonyl (C=O) groups is 2. The number of Topliss-reactive ketones (excluding diaryl/α,β-unsaturated/α-hetero) is 1. The maximum absolute atomic E-state index is 12.3. The number of amides is 1. The summed E-state index contributed by atoms with van der Waals surface area (Å²) in [6, 6.07) is 7.50. The summed E-state index contributed by atoms with van der Waals surface area (Å²) in [6.07, 6.45) is 4.53. The molecule has 5 nitrogen and oxygen atoms in total. The molecule has 0 radical (unpaired) electrons. The van der Waals surface area contributed by atoms with Crippen LogP contribution in [0.2, 0.25) is 0 Å². The number of allylic oxidation sites excluding steroid dienone is 3. The van der Waals surface area contributed by atoms with E-state index in [0.717, 1.165) is 17.7 Å². The van der Waals surface area contributed by atoms with Gasteiger partial charge in [-0.3, -0.25) is 14.8 Å². The highest BCUT2D eigenvalue weighted by Gasteiger charge is 2.12. The van der Waals surface area contributed by atoms with Crippen LogP contribution in [0.4, 0.5) is 0 Å². The number of hydrogen-bond acceptors (Lipinski definition) is 4. The molecule has 0 aliphatic carbocycles. The molecule has 0 bridgehead atoms. The first-order valence-corrected chi connectivity index (χ1v) is 7.06. The normalized spacial score (nSPS) is 13.2. The highest BCUT2D eigenvalue weighted by molar-refractivity contribution is 5.98. The molecule has 1 rings (SSSR count). The van der Waals surface area contributed by atoms with Gasteiger partial charge in [-0.25, -0.2) is 5.48 Å². The highest BCUT2D eigenvalue weighted by Crippen LogP contribution is 2.13. The van der Waals surface area contributed by atoms with Gasteiger partial charge in [-0.2, -0.15) is 0 Å². The molecule has 0 aliphatic rings. The number of benzene rings is 1. The zero-order valence-electron chi connectivity index (χ0n) is 13.1. The van der Waals surface area contributed by atoms with Crippen LogP contribution in [0.5, 0.6) is 0 Å². The van der Waals surface area contributed by atoms with Crippen molar-refractivity contribution in [2.45, 2.75) is 20.4 Å². The lowest BCUT2D eigenvalue weighted by Crippen LogP contribution is -2.15. The van der Waals surface area contributed by atoms with Gasteiger partial charge in [0.25, 0.3) is 5.91 Å². The van der Waals surface area contributed by atoms with Crippen molar-refractivity contribution in [1.82, 2.24) is 10.8 Å². The minimum absolute atomic E-state index is 0.0235. The molecule has 0 saturated carbocycles. The van der Waals surface area contributed by atoms with Crippen molar-refractivity contribution in [2.24, 2.45) is 5.92 Å². The fourth-order valence-electron chi connectivity index (χ4n) is 2.02. The Kier molecular flexibility index (Phi) is 7.22. The summed E-state index contributed by atoms with van der Waals surface area (Å²) in [4.78, 5) is 23.2. The van der Waals surface area contributed by atoms with Gasteiger partial charge in [-0.15, -0.1) is 0 Å². The first kappa shape index (κ1) is 17.8. The maximum Gasteiger partial charge on any atom is 0.267 e. The van der Waals surface area contributed by atoms with E-state index >= 15 is 0 Å². The molecule has 1 atom stereocenters. The van der Waals surface area contributed by atoms with Crippen LogP contribution < -0.4 is 10.8 Å². The van der Waals surface area contributed by atoms with Crippen LogP contribution in [0.25, 0.3) is 0 Å². The summed E-state index contributed by atoms with van der Waals surface area (Å²) in [5.74, 6) is -0.876. The Morgan fingerprint density at radius 1 is 1.23 bits per heavy atom. The largest absolute Gasteiger partial charge is 0.316 e. The van der Waals surface area contributed by atoms with Crippen LogP contribution in [0.3, 0.4) is 0 Å². The zero-order valence-corrected chi connectivity index (χ0v) is 13.1. The van der Waals surface area contributed by atoms with Crippen molar-refractivity contribution >= 4 is 11.7 Å². The Balaban J connectivity index is 2.75. The predicted octanol–water partition coefficient (Wildman–Crippen LogP) is 2.23. The van der Waals surface area contributed by atoms with Gasteiger partial charge in [0, 0.05) is 24.1 Å². The number of hydroxylamine groups is 1. The van der Waals surface area contributed by atoms with Crippen LogP contribution in [0.1, 0.15) is 29.8 Å². The number of rotatable bonds is 7. The van der Waals surface area contributed by atoms with Crippen molar-refractivity contribution in [3.05, 3.63) is 59.2 Å². The second-order valence-electron chi connectivity index (χ2n) is 5.10. The quantitative estimate of drug-likeness (QED) is 0.237. The van der Waals surface area contributed by atoms with Crippen molar-refractivity contribution in [2.75, 3.05) is 7.05 Å². The molecule has 118 valence electrons. The van der Waals surface area contributed by atoms with Gasteiger partial charge in [0.05, 0.1) is 0 Å². The minimum Gasteiger partial charge on any atom is -0.316 e. The second kappa shape index (κ2) is 8.92. The monoisotopic (exact) mass is 302 g/mol. The van der Waals surface area contributed by atoms with Gasteiger partial charge in [0.1, 0.15) is 0 Å². The van der Waals surface area contributed by atoms with Crippen LogP contribution in [0, 0.1) is 5.92 Å². The molecule has 3 N–H and O–H groups in total. The summed E-state index contributed by atoms with van der Waals surface area (Å²) in [7, 11) is 1.87. The highest BCUT2D eigenvalue weighted by atomic mass is 16.5. The summed E-state index contributed by atoms with van der Waals surface area (Å²) in [6.45, 7) is 4.37. The van der Waals surface area contributed by atoms with Gasteiger partial charge in [0.2, 0.25) is 0 Å². The van der Waals surface area contributed by atoms with Crippen molar-refractivity contribution in [3.63, 3.8) is 0 Å². The third-order valence-electron chi connectivity index (χ3n) is 3.15. The average molecular weight is 302 g/mol. The lowest BCUT2D eigenvalue weighted by Gasteiger charge is -2.08. The van der Waals surface area contributed by atoms with E-state index in [1.54, 1.807) is 19.1 Å². The minimum atomic E-state index is -0.605. The van der Waals surface area contributed by atoms with Crippen molar-refractivity contribution in [1.29, 1.82) is 0 Å². The van der Waals surface area contributed by atoms with Gasteiger partial charge < -0.3 is 5.32 Å². The Morgan fingerprint density at radius 2 is 1.86 bits per heavy atom. The van der Waals surface area contributed by atoms with Crippen LogP contribution in [0.15, 0.2) is 48.1 Å². The van der Waals surface area contributed by atoms with Crippen molar-refractivity contribution < 1.29 is 14.8 Å². The van der Waals surface area contributed by atoms with Crippen molar-refractivity contribution in [3.8, 4) is 0 Å². The van der Waals surface area contributed by atoms with E-state index < -0.39 is 5.91 Å². The van der Waals surface area contributed by atoms with Crippen LogP contribution in [-0.2, 0) is 11.3 Å². The van der Waals surface area contributed by atoms with Gasteiger partial charge in [-0.1, -0.05) is 48.9 Å². The molecular formula is C17H22N2O3. The molecular weight excluding hydrogens is 280 g/mol. The molecule has 1 aromatic rings. The number of hydrogen-bond donors (Lipinski definition) is 3. The summed E-state index contributed by atoms with van der Waals surface area (Å²) in [5.41, 5.74) is 4.07. The number of nitrogens with one attached hydrogen (secondary N) is 2. The SMILES string of the molecule is CNCc1ccc(C(=O)[C@H](C)C=C(C)C=CC(=O)NO)cc1. The maximum atomic E-state index is 12.3. The number of ketones is 1. The van der Waals surface area contributed by atoms with Gasteiger partial charge in [0.15, 0.2) is 5.78 Å². The fraction of sp³-hybridized carbons (Fsp3) is 0.294. The predicted molar refractivity (Wildman–Crippen MR) is 85.5 cm³/mol.